The topological polar surface area (TPSA) is 44.8 Å². The van der Waals surface area contributed by atoms with Crippen molar-refractivity contribution in [1.82, 2.24) is 15.1 Å². The molecule has 6 heteroatoms. The van der Waals surface area contributed by atoms with Gasteiger partial charge >= 0.3 is 6.03 Å². The average molecular weight is 326 g/mol. The SMILES string of the molecule is COCCCNC(=O)N1CCN(Cc2ccccc2Cl)CC1. The van der Waals surface area contributed by atoms with Gasteiger partial charge in [0.1, 0.15) is 0 Å². The van der Waals surface area contributed by atoms with Crippen LogP contribution in [0.1, 0.15) is 12.0 Å². The molecule has 2 rings (SSSR count). The number of nitrogens with one attached hydrogen (secondary N) is 1. The van der Waals surface area contributed by atoms with E-state index in [4.69, 9.17) is 16.3 Å². The molecule has 0 saturated carbocycles. The number of ether oxygens (including phenoxy) is 1. The molecule has 0 aromatic heterocycles. The maximum Gasteiger partial charge on any atom is 0.317 e. The minimum atomic E-state index is 0.0218. The molecule has 1 aromatic carbocycles. The third-order valence-corrected chi connectivity index (χ3v) is 4.18. The Morgan fingerprint density at radius 3 is 2.68 bits per heavy atom. The van der Waals surface area contributed by atoms with Gasteiger partial charge in [0.2, 0.25) is 0 Å². The van der Waals surface area contributed by atoms with E-state index in [1.54, 1.807) is 7.11 Å². The monoisotopic (exact) mass is 325 g/mol. The lowest BCUT2D eigenvalue weighted by atomic mass is 10.2. The third kappa shape index (κ3) is 5.16. The van der Waals surface area contributed by atoms with Gasteiger partial charge in [-0.25, -0.2) is 4.79 Å². The van der Waals surface area contributed by atoms with Crippen LogP contribution in [-0.2, 0) is 11.3 Å². The van der Waals surface area contributed by atoms with Crippen LogP contribution in [0.4, 0.5) is 4.79 Å². The molecule has 22 heavy (non-hydrogen) atoms. The summed E-state index contributed by atoms with van der Waals surface area (Å²) in [5.41, 5.74) is 1.14. The van der Waals surface area contributed by atoms with Crippen LogP contribution >= 0.6 is 11.6 Å². The van der Waals surface area contributed by atoms with Crippen molar-refractivity contribution in [3.05, 3.63) is 34.9 Å². The van der Waals surface area contributed by atoms with Gasteiger partial charge in [-0.1, -0.05) is 29.8 Å². The molecule has 2 amide bonds. The Kier molecular flexibility index (Phi) is 6.96. The highest BCUT2D eigenvalue weighted by Crippen LogP contribution is 2.17. The van der Waals surface area contributed by atoms with Crippen LogP contribution in [0.3, 0.4) is 0 Å². The first-order valence-electron chi connectivity index (χ1n) is 7.68. The Morgan fingerprint density at radius 2 is 2.00 bits per heavy atom. The summed E-state index contributed by atoms with van der Waals surface area (Å²) in [6.45, 7) is 5.41. The molecular formula is C16H24ClN3O2. The number of carbonyl (C=O) groups is 1. The van der Waals surface area contributed by atoms with Crippen molar-refractivity contribution < 1.29 is 9.53 Å². The first-order valence-corrected chi connectivity index (χ1v) is 8.06. The molecule has 1 aliphatic heterocycles. The second-order valence-corrected chi connectivity index (χ2v) is 5.84. The Morgan fingerprint density at radius 1 is 1.27 bits per heavy atom. The van der Waals surface area contributed by atoms with Crippen molar-refractivity contribution in [2.45, 2.75) is 13.0 Å². The van der Waals surface area contributed by atoms with E-state index in [0.717, 1.165) is 49.7 Å². The van der Waals surface area contributed by atoms with Gasteiger partial charge in [0, 0.05) is 58.0 Å². The standard InChI is InChI=1S/C16H24ClN3O2/c1-22-12-4-7-18-16(21)20-10-8-19(9-11-20)13-14-5-2-3-6-15(14)17/h2-3,5-6H,4,7-13H2,1H3,(H,18,21). The van der Waals surface area contributed by atoms with Gasteiger partial charge in [0.05, 0.1) is 0 Å². The smallest absolute Gasteiger partial charge is 0.317 e. The summed E-state index contributed by atoms with van der Waals surface area (Å²) < 4.78 is 4.97. The van der Waals surface area contributed by atoms with Gasteiger partial charge in [0.25, 0.3) is 0 Å². The minimum absolute atomic E-state index is 0.0218. The molecule has 1 aliphatic rings. The molecule has 5 nitrogen and oxygen atoms in total. The number of piperazine rings is 1. The number of benzene rings is 1. The molecule has 0 unspecified atom stereocenters. The Bertz CT molecular complexity index is 476. The summed E-state index contributed by atoms with van der Waals surface area (Å²) in [5, 5.41) is 3.73. The number of rotatable bonds is 6. The van der Waals surface area contributed by atoms with Gasteiger partial charge in [-0.2, -0.15) is 0 Å². The van der Waals surface area contributed by atoms with Crippen molar-refractivity contribution >= 4 is 17.6 Å². The molecular weight excluding hydrogens is 302 g/mol. The number of hydrogen-bond acceptors (Lipinski definition) is 3. The molecule has 122 valence electrons. The van der Waals surface area contributed by atoms with Crippen LogP contribution in [-0.4, -0.2) is 62.3 Å². The molecule has 0 aliphatic carbocycles. The predicted octanol–water partition coefficient (Wildman–Crippen LogP) is 2.20. The fourth-order valence-electron chi connectivity index (χ4n) is 2.50. The number of halogens is 1. The molecule has 1 saturated heterocycles. The normalized spacial score (nSPS) is 15.8. The maximum atomic E-state index is 12.0. The second kappa shape index (κ2) is 8.98. The summed E-state index contributed by atoms with van der Waals surface area (Å²) in [4.78, 5) is 16.2. The largest absolute Gasteiger partial charge is 0.385 e. The Labute approximate surface area is 137 Å². The van der Waals surface area contributed by atoms with Crippen LogP contribution in [0, 0.1) is 0 Å². The van der Waals surface area contributed by atoms with Crippen molar-refractivity contribution in [2.24, 2.45) is 0 Å². The lowest BCUT2D eigenvalue weighted by Gasteiger charge is -2.34. The van der Waals surface area contributed by atoms with Gasteiger partial charge in [0.15, 0.2) is 0 Å². The van der Waals surface area contributed by atoms with E-state index in [9.17, 15) is 4.79 Å². The Balaban J connectivity index is 1.71. The fraction of sp³-hybridized carbons (Fsp3) is 0.562. The zero-order chi connectivity index (χ0) is 15.8. The molecule has 1 N–H and O–H groups in total. The van der Waals surface area contributed by atoms with E-state index in [2.05, 4.69) is 16.3 Å². The summed E-state index contributed by atoms with van der Waals surface area (Å²) in [6.07, 6.45) is 0.842. The lowest BCUT2D eigenvalue weighted by molar-refractivity contribution is 0.134. The van der Waals surface area contributed by atoms with E-state index in [1.165, 1.54) is 0 Å². The summed E-state index contributed by atoms with van der Waals surface area (Å²) in [5.74, 6) is 0. The van der Waals surface area contributed by atoms with Crippen molar-refractivity contribution in [3.8, 4) is 0 Å². The Hall–Kier alpha value is -1.30. The van der Waals surface area contributed by atoms with Crippen LogP contribution in [0.5, 0.6) is 0 Å². The number of hydrogen-bond donors (Lipinski definition) is 1. The number of urea groups is 1. The van der Waals surface area contributed by atoms with E-state index < -0.39 is 0 Å². The zero-order valence-electron chi connectivity index (χ0n) is 13.1. The first-order chi connectivity index (χ1) is 10.7. The number of carbonyl (C=O) groups excluding carboxylic acids is 1. The fourth-order valence-corrected chi connectivity index (χ4v) is 2.70. The molecule has 0 bridgehead atoms. The van der Waals surface area contributed by atoms with Gasteiger partial charge in [-0.3, -0.25) is 4.90 Å². The summed E-state index contributed by atoms with van der Waals surface area (Å²) in [6, 6.07) is 7.94. The van der Waals surface area contributed by atoms with Gasteiger partial charge in [-0.05, 0) is 18.1 Å². The molecule has 1 aromatic rings. The van der Waals surface area contributed by atoms with E-state index >= 15 is 0 Å². The lowest BCUT2D eigenvalue weighted by Crippen LogP contribution is -2.51. The highest BCUT2D eigenvalue weighted by atomic mass is 35.5. The quantitative estimate of drug-likeness (QED) is 0.816. The van der Waals surface area contributed by atoms with Crippen LogP contribution < -0.4 is 5.32 Å². The zero-order valence-corrected chi connectivity index (χ0v) is 13.8. The van der Waals surface area contributed by atoms with E-state index in [0.29, 0.717) is 13.2 Å². The molecule has 1 heterocycles. The van der Waals surface area contributed by atoms with Crippen LogP contribution in [0.15, 0.2) is 24.3 Å². The number of amides is 2. The summed E-state index contributed by atoms with van der Waals surface area (Å²) in [7, 11) is 1.67. The first kappa shape index (κ1) is 17.1. The highest BCUT2D eigenvalue weighted by molar-refractivity contribution is 6.31. The van der Waals surface area contributed by atoms with Gasteiger partial charge in [-0.15, -0.1) is 0 Å². The molecule has 0 spiro atoms. The van der Waals surface area contributed by atoms with Gasteiger partial charge < -0.3 is 15.0 Å². The van der Waals surface area contributed by atoms with E-state index in [1.807, 2.05) is 23.1 Å². The van der Waals surface area contributed by atoms with Crippen LogP contribution in [0.2, 0.25) is 5.02 Å². The molecule has 0 atom stereocenters. The number of methoxy groups -OCH3 is 1. The average Bonchev–Trinajstić information content (AvgIpc) is 2.54. The second-order valence-electron chi connectivity index (χ2n) is 5.43. The van der Waals surface area contributed by atoms with Crippen molar-refractivity contribution in [1.29, 1.82) is 0 Å². The minimum Gasteiger partial charge on any atom is -0.385 e. The third-order valence-electron chi connectivity index (χ3n) is 3.81. The predicted molar refractivity (Wildman–Crippen MR) is 88.2 cm³/mol. The van der Waals surface area contributed by atoms with Crippen LogP contribution in [0.25, 0.3) is 0 Å². The summed E-state index contributed by atoms with van der Waals surface area (Å²) >= 11 is 6.19. The number of nitrogens with zero attached hydrogens (tertiary/aromatic N) is 2. The van der Waals surface area contributed by atoms with Crippen molar-refractivity contribution in [3.63, 3.8) is 0 Å². The van der Waals surface area contributed by atoms with E-state index in [-0.39, 0.29) is 6.03 Å². The molecule has 0 radical (unpaired) electrons. The van der Waals surface area contributed by atoms with Crippen molar-refractivity contribution in [2.75, 3.05) is 46.4 Å². The maximum absolute atomic E-state index is 12.0. The highest BCUT2D eigenvalue weighted by Gasteiger charge is 2.21. The molecule has 1 fully saturated rings.